The molecule has 208 valence electrons. The SMILES string of the molecule is COc1cc(C(O)NC(N)Nc2cccc(NC(=O)Nc3ccc(-c4ccccc4)cc3)c2)cc(OC)c1OC. The number of hydrogen-bond acceptors (Lipinski definition) is 8. The number of rotatable bonds is 11. The number of hydrogen-bond donors (Lipinski definition) is 6. The summed E-state index contributed by atoms with van der Waals surface area (Å²) >= 11 is 0. The van der Waals surface area contributed by atoms with Gasteiger partial charge in [-0.2, -0.15) is 0 Å². The highest BCUT2D eigenvalue weighted by Gasteiger charge is 2.19. The maximum atomic E-state index is 12.6. The van der Waals surface area contributed by atoms with Crippen molar-refractivity contribution in [3.8, 4) is 28.4 Å². The molecule has 2 amide bonds. The van der Waals surface area contributed by atoms with Crippen LogP contribution in [0.2, 0.25) is 0 Å². The van der Waals surface area contributed by atoms with Gasteiger partial charge in [-0.05, 0) is 53.6 Å². The minimum absolute atomic E-state index is 0.384. The van der Waals surface area contributed by atoms with Crippen molar-refractivity contribution in [1.82, 2.24) is 5.32 Å². The summed E-state index contributed by atoms with van der Waals surface area (Å²) < 4.78 is 16.0. The van der Waals surface area contributed by atoms with Gasteiger partial charge >= 0.3 is 6.03 Å². The van der Waals surface area contributed by atoms with Crippen molar-refractivity contribution in [3.63, 3.8) is 0 Å². The minimum atomic E-state index is -1.14. The number of carbonyl (C=O) groups is 1. The van der Waals surface area contributed by atoms with E-state index in [0.29, 0.717) is 39.9 Å². The molecule has 0 aromatic heterocycles. The molecule has 4 rings (SSSR count). The van der Waals surface area contributed by atoms with Crippen molar-refractivity contribution in [2.45, 2.75) is 12.5 Å². The zero-order valence-corrected chi connectivity index (χ0v) is 22.5. The highest BCUT2D eigenvalue weighted by atomic mass is 16.5. The quantitative estimate of drug-likeness (QED) is 0.146. The number of nitrogens with two attached hydrogens (primary N) is 1. The fraction of sp³-hybridized carbons (Fsp3) is 0.167. The largest absolute Gasteiger partial charge is 0.493 e. The van der Waals surface area contributed by atoms with Crippen LogP contribution >= 0.6 is 0 Å². The summed E-state index contributed by atoms with van der Waals surface area (Å²) in [5.74, 6) is 1.23. The predicted octanol–water partition coefficient (Wildman–Crippen LogP) is 4.96. The van der Waals surface area contributed by atoms with Gasteiger partial charge in [0, 0.05) is 22.6 Å². The van der Waals surface area contributed by atoms with Gasteiger partial charge in [-0.15, -0.1) is 0 Å². The first-order valence-electron chi connectivity index (χ1n) is 12.5. The van der Waals surface area contributed by atoms with Gasteiger partial charge in [0.05, 0.1) is 21.3 Å². The Morgan fingerprint density at radius 2 is 1.32 bits per heavy atom. The summed E-state index contributed by atoms with van der Waals surface area (Å²) in [4.78, 5) is 12.6. The molecule has 40 heavy (non-hydrogen) atoms. The highest BCUT2D eigenvalue weighted by molar-refractivity contribution is 6.00. The summed E-state index contributed by atoms with van der Waals surface area (Å²) in [7, 11) is 4.50. The zero-order chi connectivity index (χ0) is 28.5. The number of carbonyl (C=O) groups excluding carboxylic acids is 1. The first-order valence-corrected chi connectivity index (χ1v) is 12.5. The molecule has 7 N–H and O–H groups in total. The maximum absolute atomic E-state index is 12.6. The van der Waals surface area contributed by atoms with Crippen molar-refractivity contribution in [1.29, 1.82) is 0 Å². The molecule has 0 aliphatic rings. The summed E-state index contributed by atoms with van der Waals surface area (Å²) in [6.07, 6.45) is -1.97. The molecule has 0 spiro atoms. The zero-order valence-electron chi connectivity index (χ0n) is 22.5. The topological polar surface area (TPSA) is 139 Å². The lowest BCUT2D eigenvalue weighted by Gasteiger charge is -2.23. The molecule has 0 aliphatic heterocycles. The number of urea groups is 1. The molecule has 10 heteroatoms. The van der Waals surface area contributed by atoms with E-state index in [0.717, 1.165) is 11.1 Å². The van der Waals surface area contributed by atoms with Gasteiger partial charge < -0.3 is 35.3 Å². The Hall–Kier alpha value is -4.77. The average molecular weight is 544 g/mol. The Kier molecular flexibility index (Phi) is 9.42. The number of ether oxygens (including phenoxy) is 3. The van der Waals surface area contributed by atoms with Crippen LogP contribution in [-0.2, 0) is 0 Å². The van der Waals surface area contributed by atoms with Crippen molar-refractivity contribution < 1.29 is 24.1 Å². The summed E-state index contributed by atoms with van der Waals surface area (Å²) in [5, 5.41) is 22.3. The predicted molar refractivity (Wildman–Crippen MR) is 157 cm³/mol. The first-order chi connectivity index (χ1) is 19.4. The van der Waals surface area contributed by atoms with Gasteiger partial charge in [0.1, 0.15) is 12.5 Å². The second kappa shape index (κ2) is 13.3. The molecule has 2 atom stereocenters. The maximum Gasteiger partial charge on any atom is 0.323 e. The molecule has 0 saturated heterocycles. The van der Waals surface area contributed by atoms with Crippen molar-refractivity contribution in [3.05, 3.63) is 96.6 Å². The van der Waals surface area contributed by atoms with Crippen LogP contribution in [0.25, 0.3) is 11.1 Å². The van der Waals surface area contributed by atoms with Crippen molar-refractivity contribution in [2.24, 2.45) is 5.73 Å². The summed E-state index contributed by atoms with van der Waals surface area (Å²) in [5.41, 5.74) is 10.7. The molecule has 0 radical (unpaired) electrons. The normalized spacial score (nSPS) is 12.1. The van der Waals surface area contributed by atoms with E-state index < -0.39 is 12.5 Å². The smallest absolute Gasteiger partial charge is 0.323 e. The summed E-state index contributed by atoms with van der Waals surface area (Å²) in [6, 6.07) is 27.5. The van der Waals surface area contributed by atoms with E-state index in [1.165, 1.54) is 21.3 Å². The van der Waals surface area contributed by atoms with E-state index in [9.17, 15) is 9.90 Å². The highest BCUT2D eigenvalue weighted by Crippen LogP contribution is 2.39. The fourth-order valence-corrected chi connectivity index (χ4v) is 4.10. The number of anilines is 3. The second-order valence-corrected chi connectivity index (χ2v) is 8.75. The number of methoxy groups -OCH3 is 3. The first kappa shape index (κ1) is 28.2. The lowest BCUT2D eigenvalue weighted by atomic mass is 10.1. The Labute approximate surface area is 233 Å². The van der Waals surface area contributed by atoms with E-state index in [1.54, 1.807) is 36.4 Å². The Bertz CT molecular complexity index is 1390. The monoisotopic (exact) mass is 543 g/mol. The van der Waals surface area contributed by atoms with Crippen LogP contribution in [0.5, 0.6) is 17.2 Å². The van der Waals surface area contributed by atoms with Gasteiger partial charge in [0.15, 0.2) is 11.5 Å². The third kappa shape index (κ3) is 7.20. The van der Waals surface area contributed by atoms with Crippen LogP contribution in [0.4, 0.5) is 21.9 Å². The molecule has 0 aliphatic carbocycles. The minimum Gasteiger partial charge on any atom is -0.493 e. The molecule has 0 fully saturated rings. The van der Waals surface area contributed by atoms with Gasteiger partial charge in [-0.1, -0.05) is 48.5 Å². The summed E-state index contributed by atoms with van der Waals surface area (Å²) in [6.45, 7) is 0. The Morgan fingerprint density at radius 1 is 0.725 bits per heavy atom. The third-order valence-electron chi connectivity index (χ3n) is 6.03. The van der Waals surface area contributed by atoms with Crippen LogP contribution in [0.3, 0.4) is 0 Å². The Morgan fingerprint density at radius 3 is 1.95 bits per heavy atom. The molecule has 4 aromatic rings. The van der Waals surface area contributed by atoms with Crippen LogP contribution < -0.4 is 41.2 Å². The Balaban J connectivity index is 1.33. The van der Waals surface area contributed by atoms with E-state index >= 15 is 0 Å². The van der Waals surface area contributed by atoms with Crippen molar-refractivity contribution >= 4 is 23.1 Å². The molecular formula is C30H33N5O5. The standard InChI is InChI=1S/C30H33N5O5/c1-38-25-16-21(17-26(39-2)27(25)40-3)28(36)35-29(31)32-23-10-7-11-24(18-23)34-30(37)33-22-14-12-20(13-15-22)19-8-5-4-6-9-19/h4-18,28-29,32,35-36H,31H2,1-3H3,(H2,33,34,37). The number of aliphatic hydroxyl groups is 1. The molecule has 0 heterocycles. The molecule has 10 nitrogen and oxygen atoms in total. The van der Waals surface area contributed by atoms with E-state index in [2.05, 4.69) is 21.3 Å². The van der Waals surface area contributed by atoms with E-state index in [1.807, 2.05) is 54.6 Å². The number of amides is 2. The van der Waals surface area contributed by atoms with Gasteiger partial charge in [-0.3, -0.25) is 11.1 Å². The van der Waals surface area contributed by atoms with Gasteiger partial charge in [0.25, 0.3) is 0 Å². The number of aliphatic hydroxyl groups excluding tert-OH is 1. The lowest BCUT2D eigenvalue weighted by molar-refractivity contribution is 0.127. The molecular weight excluding hydrogens is 510 g/mol. The van der Waals surface area contributed by atoms with Crippen LogP contribution in [0.1, 0.15) is 11.8 Å². The molecule has 0 saturated carbocycles. The van der Waals surface area contributed by atoms with Gasteiger partial charge in [0.2, 0.25) is 5.75 Å². The van der Waals surface area contributed by atoms with E-state index in [-0.39, 0.29) is 6.03 Å². The molecule has 0 bridgehead atoms. The van der Waals surface area contributed by atoms with Crippen LogP contribution in [0.15, 0.2) is 91.0 Å². The third-order valence-corrected chi connectivity index (χ3v) is 6.03. The molecule has 2 unspecified atom stereocenters. The lowest BCUT2D eigenvalue weighted by Crippen LogP contribution is -2.45. The fourth-order valence-electron chi connectivity index (χ4n) is 4.10. The number of nitrogens with one attached hydrogen (secondary N) is 4. The second-order valence-electron chi connectivity index (χ2n) is 8.75. The average Bonchev–Trinajstić information content (AvgIpc) is 2.97. The van der Waals surface area contributed by atoms with Crippen molar-refractivity contribution in [2.75, 3.05) is 37.3 Å². The van der Waals surface area contributed by atoms with Crippen LogP contribution in [-0.4, -0.2) is 38.8 Å². The van der Waals surface area contributed by atoms with Gasteiger partial charge in [-0.25, -0.2) is 4.79 Å². The number of benzene rings is 4. The van der Waals surface area contributed by atoms with Crippen LogP contribution in [0, 0.1) is 0 Å². The van der Waals surface area contributed by atoms with E-state index in [4.69, 9.17) is 19.9 Å². The molecule has 4 aromatic carbocycles.